The van der Waals surface area contributed by atoms with Gasteiger partial charge in [-0.2, -0.15) is 0 Å². The third-order valence-electron chi connectivity index (χ3n) is 4.85. The number of ether oxygens (including phenoxy) is 2. The van der Waals surface area contributed by atoms with Crippen LogP contribution in [0.2, 0.25) is 0 Å². The number of amides is 1. The Morgan fingerprint density at radius 3 is 2.32 bits per heavy atom. The zero-order valence-electron chi connectivity index (χ0n) is 17.8. The summed E-state index contributed by atoms with van der Waals surface area (Å²) in [4.78, 5) is 12.2. The van der Waals surface area contributed by atoms with Gasteiger partial charge in [0.15, 0.2) is 18.1 Å². The Labute approximate surface area is 191 Å². The van der Waals surface area contributed by atoms with E-state index in [0.717, 1.165) is 22.3 Å². The summed E-state index contributed by atoms with van der Waals surface area (Å²) in [6.07, 6.45) is 0. The first kappa shape index (κ1) is 22.8. The van der Waals surface area contributed by atoms with Crippen LogP contribution in [0, 0.1) is 0 Å². The van der Waals surface area contributed by atoms with Gasteiger partial charge in [-0.3, -0.25) is 4.79 Å². The van der Waals surface area contributed by atoms with E-state index in [1.807, 2.05) is 55.5 Å². The first-order valence-electron chi connectivity index (χ1n) is 10.4. The van der Waals surface area contributed by atoms with E-state index in [0.29, 0.717) is 24.1 Å². The second kappa shape index (κ2) is 11.5. The molecule has 0 spiro atoms. The Bertz CT molecular complexity index is 981. The molecule has 0 saturated heterocycles. The van der Waals surface area contributed by atoms with E-state index >= 15 is 0 Å². The van der Waals surface area contributed by atoms with Crippen LogP contribution in [0.15, 0.2) is 77.3 Å². The van der Waals surface area contributed by atoms with Crippen molar-refractivity contribution in [2.45, 2.75) is 26.4 Å². The molecule has 0 saturated carbocycles. The molecule has 0 radical (unpaired) electrons. The molecule has 6 heteroatoms. The lowest BCUT2D eigenvalue weighted by atomic mass is 10.1. The van der Waals surface area contributed by atoms with Gasteiger partial charge in [-0.05, 0) is 38.1 Å². The zero-order chi connectivity index (χ0) is 22.1. The summed E-state index contributed by atoms with van der Waals surface area (Å²) in [5, 5.41) is 5.09. The maximum absolute atomic E-state index is 12.2. The van der Waals surface area contributed by atoms with Gasteiger partial charge in [0.2, 0.25) is 0 Å². The third kappa shape index (κ3) is 6.84. The molecule has 0 fully saturated rings. The molecule has 3 aromatic rings. The lowest BCUT2D eigenvalue weighted by Crippen LogP contribution is -2.83. The number of anilines is 1. The quantitative estimate of drug-likeness (QED) is 0.439. The van der Waals surface area contributed by atoms with Crippen LogP contribution >= 0.6 is 15.9 Å². The van der Waals surface area contributed by atoms with Crippen molar-refractivity contribution in [3.63, 3.8) is 0 Å². The number of para-hydroxylation sites is 1. The van der Waals surface area contributed by atoms with Gasteiger partial charge in [-0.1, -0.05) is 64.5 Å². The van der Waals surface area contributed by atoms with Crippen LogP contribution in [-0.4, -0.2) is 19.1 Å². The van der Waals surface area contributed by atoms with Crippen molar-refractivity contribution in [2.24, 2.45) is 0 Å². The molecular formula is C25H28BrN2O3+. The lowest BCUT2D eigenvalue weighted by Gasteiger charge is -2.16. The number of rotatable bonds is 10. The van der Waals surface area contributed by atoms with Crippen LogP contribution in [0.25, 0.3) is 0 Å². The number of nitrogens with one attached hydrogen (secondary N) is 1. The number of hydrogen-bond acceptors (Lipinski definition) is 3. The van der Waals surface area contributed by atoms with Crippen molar-refractivity contribution in [2.75, 3.05) is 18.5 Å². The minimum atomic E-state index is -0.223. The van der Waals surface area contributed by atoms with Crippen molar-refractivity contribution >= 4 is 27.5 Å². The first-order chi connectivity index (χ1) is 15.1. The molecule has 0 aliphatic rings. The standard InChI is InChI=1S/C25H27BrN2O3/c1-3-30-23-14-20(16-27-18(2)19-10-6-4-7-11-19)22(26)15-24(23)31-17-25(29)28-21-12-8-5-9-13-21/h4-15,18,27H,3,16-17H2,1-2H3,(H,28,29)/p+1/t18-/m1/s1. The van der Waals surface area contributed by atoms with Crippen LogP contribution in [-0.2, 0) is 11.3 Å². The highest BCUT2D eigenvalue weighted by molar-refractivity contribution is 9.10. The smallest absolute Gasteiger partial charge is 0.262 e. The number of nitrogens with two attached hydrogens (primary N) is 1. The lowest BCUT2D eigenvalue weighted by molar-refractivity contribution is -0.708. The maximum Gasteiger partial charge on any atom is 0.262 e. The maximum atomic E-state index is 12.2. The molecule has 0 aliphatic heterocycles. The highest BCUT2D eigenvalue weighted by atomic mass is 79.9. The fourth-order valence-electron chi connectivity index (χ4n) is 3.17. The fourth-order valence-corrected chi connectivity index (χ4v) is 3.66. The van der Waals surface area contributed by atoms with Crippen molar-refractivity contribution in [1.29, 1.82) is 0 Å². The Kier molecular flexibility index (Phi) is 8.50. The molecule has 0 heterocycles. The summed E-state index contributed by atoms with van der Waals surface area (Å²) in [6, 6.07) is 23.9. The fraction of sp³-hybridized carbons (Fsp3) is 0.240. The van der Waals surface area contributed by atoms with Crippen molar-refractivity contribution in [1.82, 2.24) is 0 Å². The Morgan fingerprint density at radius 1 is 1.00 bits per heavy atom. The van der Waals surface area contributed by atoms with Crippen LogP contribution in [0.3, 0.4) is 0 Å². The van der Waals surface area contributed by atoms with Crippen molar-refractivity contribution < 1.29 is 19.6 Å². The van der Waals surface area contributed by atoms with Gasteiger partial charge in [-0.15, -0.1) is 0 Å². The average molecular weight is 484 g/mol. The summed E-state index contributed by atoms with van der Waals surface area (Å²) in [7, 11) is 0. The average Bonchev–Trinajstić information content (AvgIpc) is 2.79. The number of benzene rings is 3. The number of halogens is 1. The largest absolute Gasteiger partial charge is 0.490 e. The molecule has 1 atom stereocenters. The minimum Gasteiger partial charge on any atom is -0.490 e. The van der Waals surface area contributed by atoms with E-state index < -0.39 is 0 Å². The van der Waals surface area contributed by atoms with E-state index in [1.165, 1.54) is 5.56 Å². The summed E-state index contributed by atoms with van der Waals surface area (Å²) >= 11 is 3.64. The Balaban J connectivity index is 1.64. The Hall–Kier alpha value is -2.83. The molecule has 0 bridgehead atoms. The van der Waals surface area contributed by atoms with Crippen molar-refractivity contribution in [3.8, 4) is 11.5 Å². The number of carbonyl (C=O) groups excluding carboxylic acids is 1. The topological polar surface area (TPSA) is 64.2 Å². The minimum absolute atomic E-state index is 0.0993. The van der Waals surface area contributed by atoms with E-state index in [-0.39, 0.29) is 12.5 Å². The summed E-state index contributed by atoms with van der Waals surface area (Å²) in [6.45, 7) is 5.31. The van der Waals surface area contributed by atoms with E-state index in [4.69, 9.17) is 9.47 Å². The molecule has 3 aromatic carbocycles. The predicted molar refractivity (Wildman–Crippen MR) is 126 cm³/mol. The van der Waals surface area contributed by atoms with Crippen LogP contribution in [0.4, 0.5) is 5.69 Å². The number of quaternary nitrogens is 1. The van der Waals surface area contributed by atoms with E-state index in [2.05, 4.69) is 57.8 Å². The van der Waals surface area contributed by atoms with Gasteiger partial charge in [0.25, 0.3) is 5.91 Å². The van der Waals surface area contributed by atoms with Crippen molar-refractivity contribution in [3.05, 3.63) is 88.4 Å². The molecule has 162 valence electrons. The van der Waals surface area contributed by atoms with Crippen LogP contribution < -0.4 is 20.1 Å². The molecule has 0 aliphatic carbocycles. The molecule has 1 amide bonds. The highest BCUT2D eigenvalue weighted by Gasteiger charge is 2.15. The molecule has 31 heavy (non-hydrogen) atoms. The Morgan fingerprint density at radius 2 is 1.65 bits per heavy atom. The second-order valence-electron chi connectivity index (χ2n) is 7.17. The van der Waals surface area contributed by atoms with Gasteiger partial charge < -0.3 is 20.1 Å². The zero-order valence-corrected chi connectivity index (χ0v) is 19.4. The van der Waals surface area contributed by atoms with E-state index in [9.17, 15) is 4.79 Å². The number of carbonyl (C=O) groups is 1. The summed E-state index contributed by atoms with van der Waals surface area (Å²) < 4.78 is 12.5. The van der Waals surface area contributed by atoms with Gasteiger partial charge in [0.1, 0.15) is 12.6 Å². The molecule has 5 nitrogen and oxygen atoms in total. The molecular weight excluding hydrogens is 456 g/mol. The van der Waals surface area contributed by atoms with E-state index in [1.54, 1.807) is 0 Å². The molecule has 0 unspecified atom stereocenters. The normalized spacial score (nSPS) is 11.6. The third-order valence-corrected chi connectivity index (χ3v) is 5.58. The SMILES string of the molecule is CCOc1cc(C[NH2+][C@H](C)c2ccccc2)c(Br)cc1OCC(=O)Nc1ccccc1. The van der Waals surface area contributed by atoms with Crippen LogP contribution in [0.1, 0.15) is 31.0 Å². The molecule has 3 N–H and O–H groups in total. The monoisotopic (exact) mass is 483 g/mol. The predicted octanol–water partition coefficient (Wildman–Crippen LogP) is 4.69. The van der Waals surface area contributed by atoms with Gasteiger partial charge >= 0.3 is 0 Å². The molecule has 3 rings (SSSR count). The molecule has 0 aromatic heterocycles. The summed E-state index contributed by atoms with van der Waals surface area (Å²) in [5.41, 5.74) is 3.13. The highest BCUT2D eigenvalue weighted by Crippen LogP contribution is 2.33. The second-order valence-corrected chi connectivity index (χ2v) is 8.02. The number of hydrogen-bond donors (Lipinski definition) is 2. The van der Waals surface area contributed by atoms with Gasteiger partial charge in [0.05, 0.1) is 6.61 Å². The first-order valence-corrected chi connectivity index (χ1v) is 11.2. The van der Waals surface area contributed by atoms with Crippen LogP contribution in [0.5, 0.6) is 11.5 Å². The van der Waals surface area contributed by atoms with Gasteiger partial charge in [0, 0.05) is 21.3 Å². The summed E-state index contributed by atoms with van der Waals surface area (Å²) in [5.74, 6) is 0.949. The van der Waals surface area contributed by atoms with Gasteiger partial charge in [-0.25, -0.2) is 0 Å².